The monoisotopic (exact) mass is 569 g/mol. The number of hydrogen-bond acceptors (Lipinski definition) is 10. The fourth-order valence-corrected chi connectivity index (χ4v) is 6.63. The number of methoxy groups -OCH3 is 1. The van der Waals surface area contributed by atoms with Gasteiger partial charge >= 0.3 is 17.9 Å². The molecule has 40 heavy (non-hydrogen) atoms. The van der Waals surface area contributed by atoms with Crippen LogP contribution in [0.15, 0.2) is 62.5 Å². The standard InChI is InChI=1S/C26H23N3O10S/c1-26(2)18(23(33)34)29-21(32)15(22(29)40-26)27-19(30)16(12-8-5-4-6-9-12)28-20(31)13-10-7-11-14(38-25(36)37-3)17(13)39-24(28)35/h4-11,15-16,18,22H,1-3H3,(H,27,30)(H,33,34)/t15?,16-,18?,22?/m0/s1. The van der Waals surface area contributed by atoms with Gasteiger partial charge in [-0.2, -0.15) is 0 Å². The number of carbonyl (C=O) groups excluding carboxylic acids is 3. The number of β-lactam (4-membered cyclic amide) rings is 1. The smallest absolute Gasteiger partial charge is 0.480 e. The minimum absolute atomic E-state index is 0.155. The number of nitrogens with one attached hydrogen (secondary N) is 1. The van der Waals surface area contributed by atoms with Crippen LogP contribution in [0.3, 0.4) is 0 Å². The molecule has 3 aromatic rings. The van der Waals surface area contributed by atoms with Crippen LogP contribution in [0.5, 0.6) is 5.75 Å². The molecule has 2 aliphatic heterocycles. The van der Waals surface area contributed by atoms with E-state index in [-0.39, 0.29) is 22.3 Å². The summed E-state index contributed by atoms with van der Waals surface area (Å²) >= 11 is 1.24. The van der Waals surface area contributed by atoms with E-state index < -0.39 is 63.5 Å². The molecule has 3 unspecified atom stereocenters. The number of benzene rings is 2. The van der Waals surface area contributed by atoms with Crippen molar-refractivity contribution in [2.45, 2.75) is 42.1 Å². The van der Waals surface area contributed by atoms with Gasteiger partial charge < -0.3 is 29.2 Å². The van der Waals surface area contributed by atoms with Gasteiger partial charge in [-0.05, 0) is 31.5 Å². The Hall–Kier alpha value is -4.59. The first kappa shape index (κ1) is 27.0. The lowest BCUT2D eigenvalue weighted by Gasteiger charge is -2.44. The average molecular weight is 570 g/mol. The number of ether oxygens (including phenoxy) is 2. The largest absolute Gasteiger partial charge is 0.513 e. The van der Waals surface area contributed by atoms with E-state index in [2.05, 4.69) is 10.1 Å². The van der Waals surface area contributed by atoms with Crippen LogP contribution in [0.1, 0.15) is 25.5 Å². The quantitative estimate of drug-likeness (QED) is 0.249. The third kappa shape index (κ3) is 4.29. The average Bonchev–Trinajstić information content (AvgIpc) is 3.18. The van der Waals surface area contributed by atoms with Gasteiger partial charge in [-0.1, -0.05) is 36.4 Å². The lowest BCUT2D eigenvalue weighted by molar-refractivity contribution is -0.161. The highest BCUT2D eigenvalue weighted by atomic mass is 32.2. The molecule has 14 heteroatoms. The fraction of sp³-hybridized carbons (Fsp3) is 0.308. The molecule has 2 amide bonds. The maximum absolute atomic E-state index is 13.7. The second kappa shape index (κ2) is 9.86. The molecule has 0 aliphatic carbocycles. The van der Waals surface area contributed by atoms with Crippen LogP contribution >= 0.6 is 11.8 Å². The van der Waals surface area contributed by atoms with Crippen molar-refractivity contribution >= 4 is 46.7 Å². The molecule has 2 saturated heterocycles. The summed E-state index contributed by atoms with van der Waals surface area (Å²) in [5.74, 6) is -4.04. The molecule has 2 N–H and O–H groups in total. The number of carboxylic acids is 1. The predicted octanol–water partition coefficient (Wildman–Crippen LogP) is 1.32. The van der Waals surface area contributed by atoms with Gasteiger partial charge in [-0.15, -0.1) is 11.8 Å². The molecular formula is C26H23N3O10S. The predicted molar refractivity (Wildman–Crippen MR) is 140 cm³/mol. The maximum Gasteiger partial charge on any atom is 0.513 e. The Kier molecular flexibility index (Phi) is 6.66. The van der Waals surface area contributed by atoms with Crippen LogP contribution in [0.25, 0.3) is 11.0 Å². The number of carboxylic acid groups (broad SMARTS) is 1. The minimum Gasteiger partial charge on any atom is -0.480 e. The van der Waals surface area contributed by atoms with Gasteiger partial charge in [0.15, 0.2) is 11.3 Å². The first-order chi connectivity index (χ1) is 19.0. The van der Waals surface area contributed by atoms with Crippen molar-refractivity contribution in [3.63, 3.8) is 0 Å². The fourth-order valence-electron chi connectivity index (χ4n) is 5.00. The summed E-state index contributed by atoms with van der Waals surface area (Å²) in [5, 5.41) is 11.5. The van der Waals surface area contributed by atoms with Gasteiger partial charge in [0.25, 0.3) is 5.56 Å². The molecule has 1 aromatic heterocycles. The summed E-state index contributed by atoms with van der Waals surface area (Å²) in [7, 11) is 1.08. The number of aromatic nitrogens is 1. The molecular weight excluding hydrogens is 546 g/mol. The zero-order valence-corrected chi connectivity index (χ0v) is 22.2. The Morgan fingerprint density at radius 3 is 2.42 bits per heavy atom. The van der Waals surface area contributed by atoms with Crippen molar-refractivity contribution in [1.29, 1.82) is 0 Å². The zero-order chi connectivity index (χ0) is 28.9. The van der Waals surface area contributed by atoms with Gasteiger partial charge in [0.05, 0.1) is 12.5 Å². The first-order valence-corrected chi connectivity index (χ1v) is 12.9. The molecule has 0 saturated carbocycles. The van der Waals surface area contributed by atoms with E-state index >= 15 is 0 Å². The Morgan fingerprint density at radius 2 is 1.77 bits per heavy atom. The number of fused-ring (bicyclic) bond motifs is 2. The Bertz CT molecular complexity index is 1660. The van der Waals surface area contributed by atoms with E-state index in [1.165, 1.54) is 47.0 Å². The maximum atomic E-state index is 13.7. The van der Waals surface area contributed by atoms with Crippen LogP contribution in [0.2, 0.25) is 0 Å². The molecule has 2 aromatic carbocycles. The molecule has 2 fully saturated rings. The van der Waals surface area contributed by atoms with Crippen LogP contribution < -0.4 is 21.4 Å². The van der Waals surface area contributed by atoms with Gasteiger partial charge in [0, 0.05) is 4.75 Å². The highest BCUT2D eigenvalue weighted by molar-refractivity contribution is 8.01. The molecule has 208 valence electrons. The third-order valence-electron chi connectivity index (χ3n) is 6.77. The van der Waals surface area contributed by atoms with Crippen LogP contribution in [-0.2, 0) is 19.1 Å². The van der Waals surface area contributed by atoms with Gasteiger partial charge in [-0.3, -0.25) is 14.4 Å². The Balaban J connectivity index is 1.55. The number of amides is 2. The van der Waals surface area contributed by atoms with E-state index in [4.69, 9.17) is 9.15 Å². The number of para-hydroxylation sites is 1. The number of nitrogens with zero attached hydrogens (tertiary/aromatic N) is 2. The molecule has 2 aliphatic rings. The topological polar surface area (TPSA) is 174 Å². The summed E-state index contributed by atoms with van der Waals surface area (Å²) < 4.78 is 14.6. The molecule has 0 radical (unpaired) electrons. The van der Waals surface area contributed by atoms with Crippen molar-refractivity contribution in [3.8, 4) is 5.75 Å². The number of thioether (sulfide) groups is 1. The van der Waals surface area contributed by atoms with E-state index in [0.717, 1.165) is 7.11 Å². The van der Waals surface area contributed by atoms with Crippen molar-refractivity contribution in [1.82, 2.24) is 14.8 Å². The molecule has 13 nitrogen and oxygen atoms in total. The highest BCUT2D eigenvalue weighted by Gasteiger charge is 2.64. The molecule has 0 bridgehead atoms. The summed E-state index contributed by atoms with van der Waals surface area (Å²) in [4.78, 5) is 78.2. The second-order valence-electron chi connectivity index (χ2n) is 9.63. The van der Waals surface area contributed by atoms with Gasteiger partial charge in [0.2, 0.25) is 11.8 Å². The van der Waals surface area contributed by atoms with E-state index in [9.17, 15) is 33.9 Å². The molecule has 4 atom stereocenters. The van der Waals surface area contributed by atoms with Crippen molar-refractivity contribution < 1.29 is 38.2 Å². The van der Waals surface area contributed by atoms with E-state index in [1.54, 1.807) is 32.0 Å². The number of aliphatic carboxylic acids is 1. The summed E-state index contributed by atoms with van der Waals surface area (Å²) in [5.41, 5.74) is -0.975. The summed E-state index contributed by atoms with van der Waals surface area (Å²) in [6, 6.07) is 8.27. The number of carbonyl (C=O) groups is 4. The molecule has 0 spiro atoms. The third-order valence-corrected chi connectivity index (χ3v) is 8.34. The van der Waals surface area contributed by atoms with Gasteiger partial charge in [0.1, 0.15) is 23.5 Å². The SMILES string of the molecule is COC(=O)Oc1cccc2c(=O)n([C@H](C(=O)NC3C(=O)N4C3SC(C)(C)C4C(=O)O)c3ccccc3)c(=O)oc12. The summed E-state index contributed by atoms with van der Waals surface area (Å²) in [6.07, 6.45) is -1.10. The van der Waals surface area contributed by atoms with Crippen LogP contribution in [0, 0.1) is 0 Å². The van der Waals surface area contributed by atoms with Gasteiger partial charge in [-0.25, -0.2) is 19.0 Å². The van der Waals surface area contributed by atoms with Crippen molar-refractivity contribution in [3.05, 3.63) is 75.0 Å². The normalized spacial score (nSPS) is 21.7. The lowest BCUT2D eigenvalue weighted by atomic mass is 9.95. The second-order valence-corrected chi connectivity index (χ2v) is 11.4. The van der Waals surface area contributed by atoms with Crippen molar-refractivity contribution in [2.24, 2.45) is 0 Å². The molecule has 3 heterocycles. The van der Waals surface area contributed by atoms with E-state index in [1.807, 2.05) is 0 Å². The zero-order valence-electron chi connectivity index (χ0n) is 21.4. The molecule has 5 rings (SSSR count). The first-order valence-electron chi connectivity index (χ1n) is 12.0. The highest BCUT2D eigenvalue weighted by Crippen LogP contribution is 2.50. The number of rotatable bonds is 6. The summed E-state index contributed by atoms with van der Waals surface area (Å²) in [6.45, 7) is 3.40. The lowest BCUT2D eigenvalue weighted by Crippen LogP contribution is -2.71. The van der Waals surface area contributed by atoms with Crippen LogP contribution in [-0.4, -0.2) is 67.8 Å². The Labute approximate surface area is 229 Å². The Morgan fingerprint density at radius 1 is 1.07 bits per heavy atom. The van der Waals surface area contributed by atoms with Crippen LogP contribution in [0.4, 0.5) is 4.79 Å². The number of hydrogen-bond donors (Lipinski definition) is 2. The van der Waals surface area contributed by atoms with Crippen molar-refractivity contribution in [2.75, 3.05) is 7.11 Å². The minimum atomic E-state index is -1.55. The van der Waals surface area contributed by atoms with E-state index in [0.29, 0.717) is 4.57 Å².